The maximum atomic E-state index is 12.1. The molecule has 2 aromatic heterocycles. The molecule has 0 aliphatic carbocycles. The van der Waals surface area contributed by atoms with Gasteiger partial charge in [-0.1, -0.05) is 13.0 Å². The van der Waals surface area contributed by atoms with Gasteiger partial charge < -0.3 is 9.64 Å². The Bertz CT molecular complexity index is 691. The lowest BCUT2D eigenvalue weighted by molar-refractivity contribution is -0.120. The second-order valence-corrected chi connectivity index (χ2v) is 7.11. The molecular formula is C16H20N4O2S2. The number of ether oxygens (including phenoxy) is 1. The molecule has 2 aromatic rings. The highest BCUT2D eigenvalue weighted by Crippen LogP contribution is 2.21. The first-order chi connectivity index (χ1) is 11.8. The Kier molecular flexibility index (Phi) is 5.95. The maximum absolute atomic E-state index is 12.1. The number of nitrogens with one attached hydrogen (secondary N) is 1. The standard InChI is InChI=1S/C16H20N4O2S2/c1-2-13(14-4-3-9-23-14)18-19-15(21)10-12-11-24-16(17-12)20-5-7-22-8-6-20/h3-4,9,11H,2,5-8,10H2,1H3,(H,19,21)/b18-13-. The van der Waals surface area contributed by atoms with Gasteiger partial charge in [0.05, 0.1) is 35.9 Å². The van der Waals surface area contributed by atoms with Gasteiger partial charge in [0.25, 0.3) is 0 Å². The monoisotopic (exact) mass is 364 g/mol. The highest BCUT2D eigenvalue weighted by Gasteiger charge is 2.15. The van der Waals surface area contributed by atoms with Crippen LogP contribution in [0.1, 0.15) is 23.9 Å². The molecule has 128 valence electrons. The molecule has 0 spiro atoms. The number of hydrogen-bond donors (Lipinski definition) is 1. The van der Waals surface area contributed by atoms with Gasteiger partial charge in [0, 0.05) is 18.5 Å². The van der Waals surface area contributed by atoms with Gasteiger partial charge >= 0.3 is 0 Å². The third-order valence-electron chi connectivity index (χ3n) is 3.62. The molecule has 1 aliphatic heterocycles. The number of aromatic nitrogens is 1. The lowest BCUT2D eigenvalue weighted by Crippen LogP contribution is -2.36. The van der Waals surface area contributed by atoms with E-state index in [-0.39, 0.29) is 12.3 Å². The summed E-state index contributed by atoms with van der Waals surface area (Å²) in [6, 6.07) is 3.99. The summed E-state index contributed by atoms with van der Waals surface area (Å²) in [5.74, 6) is -0.142. The lowest BCUT2D eigenvalue weighted by Gasteiger charge is -2.26. The van der Waals surface area contributed by atoms with E-state index >= 15 is 0 Å². The number of thiophene rings is 1. The summed E-state index contributed by atoms with van der Waals surface area (Å²) in [6.45, 7) is 5.19. The van der Waals surface area contributed by atoms with E-state index in [4.69, 9.17) is 4.74 Å². The summed E-state index contributed by atoms with van der Waals surface area (Å²) >= 11 is 3.19. The fraction of sp³-hybridized carbons (Fsp3) is 0.438. The highest BCUT2D eigenvalue weighted by atomic mass is 32.1. The fourth-order valence-corrected chi connectivity index (χ4v) is 4.03. The third-order valence-corrected chi connectivity index (χ3v) is 5.49. The molecule has 1 N–H and O–H groups in total. The third kappa shape index (κ3) is 4.40. The molecule has 0 aromatic carbocycles. The van der Waals surface area contributed by atoms with Crippen molar-refractivity contribution in [3.8, 4) is 0 Å². The van der Waals surface area contributed by atoms with Crippen LogP contribution in [0.2, 0.25) is 0 Å². The minimum Gasteiger partial charge on any atom is -0.378 e. The van der Waals surface area contributed by atoms with Gasteiger partial charge in [-0.2, -0.15) is 5.10 Å². The predicted molar refractivity (Wildman–Crippen MR) is 98.1 cm³/mol. The summed E-state index contributed by atoms with van der Waals surface area (Å²) in [4.78, 5) is 19.9. The van der Waals surface area contributed by atoms with E-state index in [1.54, 1.807) is 22.7 Å². The first kappa shape index (κ1) is 17.1. The fourth-order valence-electron chi connectivity index (χ4n) is 2.36. The van der Waals surface area contributed by atoms with Crippen molar-refractivity contribution in [1.82, 2.24) is 10.4 Å². The molecule has 0 saturated carbocycles. The van der Waals surface area contributed by atoms with Crippen LogP contribution in [0.4, 0.5) is 5.13 Å². The van der Waals surface area contributed by atoms with Crippen LogP contribution in [0.15, 0.2) is 28.0 Å². The van der Waals surface area contributed by atoms with Gasteiger partial charge in [-0.05, 0) is 17.9 Å². The molecule has 0 atom stereocenters. The highest BCUT2D eigenvalue weighted by molar-refractivity contribution is 7.13. The number of thiazole rings is 1. The molecule has 6 nitrogen and oxygen atoms in total. The Hall–Kier alpha value is -1.77. The van der Waals surface area contributed by atoms with Gasteiger partial charge in [0.1, 0.15) is 0 Å². The Labute approximate surface area is 149 Å². The minimum absolute atomic E-state index is 0.142. The van der Waals surface area contributed by atoms with E-state index in [1.807, 2.05) is 29.8 Å². The van der Waals surface area contributed by atoms with Crippen LogP contribution in [-0.4, -0.2) is 42.9 Å². The number of amides is 1. The summed E-state index contributed by atoms with van der Waals surface area (Å²) < 4.78 is 5.35. The Morgan fingerprint density at radius 2 is 2.25 bits per heavy atom. The number of anilines is 1. The average Bonchev–Trinajstić information content (AvgIpc) is 3.28. The summed E-state index contributed by atoms with van der Waals surface area (Å²) in [5.41, 5.74) is 4.32. The summed E-state index contributed by atoms with van der Waals surface area (Å²) in [7, 11) is 0. The molecule has 24 heavy (non-hydrogen) atoms. The topological polar surface area (TPSA) is 66.8 Å². The zero-order valence-electron chi connectivity index (χ0n) is 13.5. The van der Waals surface area contributed by atoms with E-state index in [9.17, 15) is 4.79 Å². The number of hydrazone groups is 1. The summed E-state index contributed by atoms with van der Waals surface area (Å²) in [5, 5.41) is 9.15. The quantitative estimate of drug-likeness (QED) is 0.632. The molecule has 1 aliphatic rings. The van der Waals surface area contributed by atoms with Crippen molar-refractivity contribution in [2.75, 3.05) is 31.2 Å². The average molecular weight is 364 g/mol. The second-order valence-electron chi connectivity index (χ2n) is 5.32. The molecule has 8 heteroatoms. The van der Waals surface area contributed by atoms with Gasteiger partial charge in [-0.3, -0.25) is 4.79 Å². The summed E-state index contributed by atoms with van der Waals surface area (Å²) in [6.07, 6.45) is 1.02. The van der Waals surface area contributed by atoms with E-state index < -0.39 is 0 Å². The van der Waals surface area contributed by atoms with Gasteiger partial charge in [0.2, 0.25) is 5.91 Å². The predicted octanol–water partition coefficient (Wildman–Crippen LogP) is 2.51. The normalized spacial score (nSPS) is 15.5. The SMILES string of the molecule is CC/C(=N/NC(=O)Cc1csc(N2CCOCC2)n1)c1cccs1. The van der Waals surface area contributed by atoms with E-state index in [0.717, 1.165) is 54.1 Å². The molecule has 1 saturated heterocycles. The van der Waals surface area contributed by atoms with Crippen molar-refractivity contribution in [3.05, 3.63) is 33.5 Å². The molecule has 3 heterocycles. The van der Waals surface area contributed by atoms with Crippen molar-refractivity contribution in [1.29, 1.82) is 0 Å². The van der Waals surface area contributed by atoms with Crippen LogP contribution >= 0.6 is 22.7 Å². The minimum atomic E-state index is -0.142. The Morgan fingerprint density at radius 1 is 1.42 bits per heavy atom. The zero-order valence-corrected chi connectivity index (χ0v) is 15.2. The Morgan fingerprint density at radius 3 is 2.96 bits per heavy atom. The zero-order chi connectivity index (χ0) is 16.8. The molecule has 1 fully saturated rings. The second kappa shape index (κ2) is 8.36. The van der Waals surface area contributed by atoms with Crippen molar-refractivity contribution < 1.29 is 9.53 Å². The molecule has 0 radical (unpaired) electrons. The largest absolute Gasteiger partial charge is 0.378 e. The lowest BCUT2D eigenvalue weighted by atomic mass is 10.2. The smallest absolute Gasteiger partial charge is 0.246 e. The first-order valence-corrected chi connectivity index (χ1v) is 9.68. The van der Waals surface area contributed by atoms with Crippen molar-refractivity contribution in [2.24, 2.45) is 5.10 Å². The van der Waals surface area contributed by atoms with Crippen molar-refractivity contribution in [2.45, 2.75) is 19.8 Å². The molecule has 0 bridgehead atoms. The van der Waals surface area contributed by atoms with E-state index in [1.165, 1.54) is 0 Å². The number of hydrogen-bond acceptors (Lipinski definition) is 7. The van der Waals surface area contributed by atoms with Crippen molar-refractivity contribution in [3.63, 3.8) is 0 Å². The molecular weight excluding hydrogens is 344 g/mol. The van der Waals surface area contributed by atoms with Crippen LogP contribution in [0.25, 0.3) is 0 Å². The van der Waals surface area contributed by atoms with Crippen LogP contribution in [0.5, 0.6) is 0 Å². The first-order valence-electron chi connectivity index (χ1n) is 7.92. The van der Waals surface area contributed by atoms with Gasteiger partial charge in [0.15, 0.2) is 5.13 Å². The molecule has 1 amide bonds. The Balaban J connectivity index is 1.56. The van der Waals surface area contributed by atoms with E-state index in [0.29, 0.717) is 0 Å². The van der Waals surface area contributed by atoms with Gasteiger partial charge in [-0.15, -0.1) is 22.7 Å². The van der Waals surface area contributed by atoms with Crippen LogP contribution < -0.4 is 10.3 Å². The maximum Gasteiger partial charge on any atom is 0.246 e. The number of nitrogens with zero attached hydrogens (tertiary/aromatic N) is 3. The van der Waals surface area contributed by atoms with Crippen LogP contribution in [-0.2, 0) is 16.0 Å². The van der Waals surface area contributed by atoms with E-state index in [2.05, 4.69) is 20.4 Å². The molecule has 0 unspecified atom stereocenters. The number of carbonyl (C=O) groups is 1. The van der Waals surface area contributed by atoms with Gasteiger partial charge in [-0.25, -0.2) is 10.4 Å². The molecule has 3 rings (SSSR count). The number of rotatable bonds is 6. The number of carbonyl (C=O) groups excluding carboxylic acids is 1. The number of morpholine rings is 1. The van der Waals surface area contributed by atoms with Crippen LogP contribution in [0, 0.1) is 0 Å². The van der Waals surface area contributed by atoms with Crippen molar-refractivity contribution >= 4 is 39.4 Å². The van der Waals surface area contributed by atoms with Crippen LogP contribution in [0.3, 0.4) is 0 Å².